The Bertz CT molecular complexity index is 918. The predicted molar refractivity (Wildman–Crippen MR) is 110 cm³/mol. The average molecular weight is 419 g/mol. The summed E-state index contributed by atoms with van der Waals surface area (Å²) in [7, 11) is 0. The van der Waals surface area contributed by atoms with E-state index < -0.39 is 23.8 Å². The standard InChI is InChI=1S/C21H20Cl2N2O3/c1-3-4-8-18(19(26)24-13-7-5-6-12(2)9-13)25-20(27)14-10-16(22)17(23)11-15(14)21(25)28/h5-7,9-11,18H,3-4,8H2,1-2H3,(H,24,26)/t18-/m0/s1. The molecule has 28 heavy (non-hydrogen) atoms. The summed E-state index contributed by atoms with van der Waals surface area (Å²) < 4.78 is 0. The Morgan fingerprint density at radius 3 is 2.21 bits per heavy atom. The Morgan fingerprint density at radius 2 is 1.68 bits per heavy atom. The van der Waals surface area contributed by atoms with Crippen LogP contribution in [-0.4, -0.2) is 28.7 Å². The molecule has 0 aromatic heterocycles. The summed E-state index contributed by atoms with van der Waals surface area (Å²) in [5.41, 5.74) is 1.95. The lowest BCUT2D eigenvalue weighted by molar-refractivity contribution is -0.120. The van der Waals surface area contributed by atoms with Crippen LogP contribution in [0.3, 0.4) is 0 Å². The van der Waals surface area contributed by atoms with E-state index in [4.69, 9.17) is 23.2 Å². The van der Waals surface area contributed by atoms with Crippen LogP contribution in [0, 0.1) is 6.92 Å². The predicted octanol–water partition coefficient (Wildman–Crippen LogP) is 5.10. The van der Waals surface area contributed by atoms with Crippen LogP contribution in [0.15, 0.2) is 36.4 Å². The number of fused-ring (bicyclic) bond motifs is 1. The van der Waals surface area contributed by atoms with Crippen molar-refractivity contribution in [3.05, 3.63) is 63.1 Å². The van der Waals surface area contributed by atoms with E-state index in [0.29, 0.717) is 18.5 Å². The van der Waals surface area contributed by atoms with Crippen LogP contribution >= 0.6 is 23.2 Å². The lowest BCUT2D eigenvalue weighted by atomic mass is 10.1. The van der Waals surface area contributed by atoms with Crippen LogP contribution in [0.4, 0.5) is 5.69 Å². The summed E-state index contributed by atoms with van der Waals surface area (Å²) in [6, 6.07) is 9.20. The largest absolute Gasteiger partial charge is 0.324 e. The number of halogens is 2. The molecule has 0 unspecified atom stereocenters. The van der Waals surface area contributed by atoms with Gasteiger partial charge < -0.3 is 5.32 Å². The third kappa shape index (κ3) is 3.91. The van der Waals surface area contributed by atoms with Gasteiger partial charge in [-0.25, -0.2) is 0 Å². The smallest absolute Gasteiger partial charge is 0.262 e. The van der Waals surface area contributed by atoms with Gasteiger partial charge in [0.1, 0.15) is 6.04 Å². The molecule has 1 N–H and O–H groups in total. The van der Waals surface area contributed by atoms with Gasteiger partial charge >= 0.3 is 0 Å². The van der Waals surface area contributed by atoms with Crippen molar-refractivity contribution in [3.8, 4) is 0 Å². The minimum absolute atomic E-state index is 0.171. The van der Waals surface area contributed by atoms with Crippen molar-refractivity contribution >= 4 is 46.6 Å². The Kier molecular flexibility index (Phi) is 6.06. The Hall–Kier alpha value is -2.37. The Labute approximate surface area is 173 Å². The van der Waals surface area contributed by atoms with Gasteiger partial charge in [0.05, 0.1) is 21.2 Å². The van der Waals surface area contributed by atoms with Gasteiger partial charge in [-0.2, -0.15) is 0 Å². The molecule has 2 aromatic carbocycles. The topological polar surface area (TPSA) is 66.5 Å². The second kappa shape index (κ2) is 8.33. The van der Waals surface area contributed by atoms with E-state index in [0.717, 1.165) is 16.9 Å². The molecular weight excluding hydrogens is 399 g/mol. The molecule has 1 aliphatic heterocycles. The molecule has 0 aliphatic carbocycles. The zero-order valence-electron chi connectivity index (χ0n) is 15.6. The highest BCUT2D eigenvalue weighted by Crippen LogP contribution is 2.33. The highest BCUT2D eigenvalue weighted by Gasteiger charge is 2.43. The van der Waals surface area contributed by atoms with Gasteiger partial charge in [0, 0.05) is 5.69 Å². The lowest BCUT2D eigenvalue weighted by Crippen LogP contribution is -2.47. The lowest BCUT2D eigenvalue weighted by Gasteiger charge is -2.25. The number of carbonyl (C=O) groups is 3. The molecule has 1 atom stereocenters. The SMILES string of the molecule is CCCC[C@@H](C(=O)Nc1cccc(C)c1)N1C(=O)c2cc(Cl)c(Cl)cc2C1=O. The number of amides is 3. The molecule has 3 amide bonds. The molecule has 0 saturated heterocycles. The fraction of sp³-hybridized carbons (Fsp3) is 0.286. The van der Waals surface area contributed by atoms with Gasteiger partial charge in [-0.1, -0.05) is 55.1 Å². The number of benzene rings is 2. The van der Waals surface area contributed by atoms with Gasteiger partial charge in [-0.15, -0.1) is 0 Å². The van der Waals surface area contributed by atoms with Crippen molar-refractivity contribution in [2.24, 2.45) is 0 Å². The van der Waals surface area contributed by atoms with E-state index in [1.807, 2.05) is 32.0 Å². The fourth-order valence-corrected chi connectivity index (χ4v) is 3.59. The average Bonchev–Trinajstić information content (AvgIpc) is 2.87. The number of hydrogen-bond donors (Lipinski definition) is 1. The number of hydrogen-bond acceptors (Lipinski definition) is 3. The normalized spacial score (nSPS) is 14.2. The molecule has 7 heteroatoms. The molecule has 0 spiro atoms. The third-order valence-corrected chi connectivity index (χ3v) is 5.41. The summed E-state index contributed by atoms with van der Waals surface area (Å²) in [6.45, 7) is 3.90. The molecule has 0 saturated carbocycles. The van der Waals surface area contributed by atoms with Crippen LogP contribution in [0.25, 0.3) is 0 Å². The minimum atomic E-state index is -0.912. The summed E-state index contributed by atoms with van der Waals surface area (Å²) in [6.07, 6.45) is 1.90. The number of nitrogens with zero attached hydrogens (tertiary/aromatic N) is 1. The number of anilines is 1. The van der Waals surface area contributed by atoms with Crippen LogP contribution in [-0.2, 0) is 4.79 Å². The molecule has 3 rings (SSSR count). The number of carbonyl (C=O) groups excluding carboxylic acids is 3. The maximum absolute atomic E-state index is 13.0. The van der Waals surface area contributed by atoms with Crippen LogP contribution in [0.5, 0.6) is 0 Å². The molecule has 5 nitrogen and oxygen atoms in total. The van der Waals surface area contributed by atoms with E-state index in [-0.39, 0.29) is 21.2 Å². The molecule has 0 bridgehead atoms. The van der Waals surface area contributed by atoms with E-state index in [1.54, 1.807) is 6.07 Å². The Balaban J connectivity index is 1.92. The fourth-order valence-electron chi connectivity index (χ4n) is 3.26. The molecule has 1 aliphatic rings. The zero-order valence-corrected chi connectivity index (χ0v) is 17.1. The molecule has 0 fully saturated rings. The third-order valence-electron chi connectivity index (χ3n) is 4.69. The summed E-state index contributed by atoms with van der Waals surface area (Å²) in [4.78, 5) is 39.8. The number of rotatable bonds is 6. The van der Waals surface area contributed by atoms with Crippen molar-refractivity contribution in [1.29, 1.82) is 0 Å². The first-order valence-electron chi connectivity index (χ1n) is 9.08. The van der Waals surface area contributed by atoms with E-state index in [2.05, 4.69) is 5.32 Å². The summed E-state index contributed by atoms with van der Waals surface area (Å²) >= 11 is 12.0. The highest BCUT2D eigenvalue weighted by atomic mass is 35.5. The second-order valence-electron chi connectivity index (χ2n) is 6.81. The van der Waals surface area contributed by atoms with Crippen LogP contribution in [0.2, 0.25) is 10.0 Å². The van der Waals surface area contributed by atoms with Crippen molar-refractivity contribution in [1.82, 2.24) is 4.90 Å². The van der Waals surface area contributed by atoms with E-state index in [9.17, 15) is 14.4 Å². The van der Waals surface area contributed by atoms with Gasteiger partial charge in [-0.3, -0.25) is 19.3 Å². The molecular formula is C21H20Cl2N2O3. The van der Waals surface area contributed by atoms with Gasteiger partial charge in [0.15, 0.2) is 0 Å². The first-order valence-corrected chi connectivity index (χ1v) is 9.83. The number of nitrogens with one attached hydrogen (secondary N) is 1. The number of imide groups is 1. The minimum Gasteiger partial charge on any atom is -0.324 e. The summed E-state index contributed by atoms with van der Waals surface area (Å²) in [5, 5.41) is 3.21. The van der Waals surface area contributed by atoms with E-state index in [1.165, 1.54) is 12.1 Å². The molecule has 0 radical (unpaired) electrons. The monoisotopic (exact) mass is 418 g/mol. The first kappa shape index (κ1) is 20.4. The van der Waals surface area contributed by atoms with Crippen molar-refractivity contribution in [2.75, 3.05) is 5.32 Å². The van der Waals surface area contributed by atoms with Crippen molar-refractivity contribution in [3.63, 3.8) is 0 Å². The first-order chi connectivity index (χ1) is 13.3. The second-order valence-corrected chi connectivity index (χ2v) is 7.62. The molecule has 1 heterocycles. The van der Waals surface area contributed by atoms with Crippen LogP contribution in [0.1, 0.15) is 52.5 Å². The van der Waals surface area contributed by atoms with E-state index >= 15 is 0 Å². The number of unbranched alkanes of at least 4 members (excludes halogenated alkanes) is 1. The quantitative estimate of drug-likeness (QED) is 0.663. The highest BCUT2D eigenvalue weighted by molar-refractivity contribution is 6.43. The van der Waals surface area contributed by atoms with Gasteiger partial charge in [-0.05, 0) is 43.2 Å². The Morgan fingerprint density at radius 1 is 1.07 bits per heavy atom. The molecule has 146 valence electrons. The number of aryl methyl sites for hydroxylation is 1. The zero-order chi connectivity index (χ0) is 20.4. The molecule has 2 aromatic rings. The van der Waals surface area contributed by atoms with Crippen LogP contribution < -0.4 is 5.32 Å². The van der Waals surface area contributed by atoms with Crippen molar-refractivity contribution in [2.45, 2.75) is 39.2 Å². The summed E-state index contributed by atoms with van der Waals surface area (Å²) in [5.74, 6) is -1.45. The van der Waals surface area contributed by atoms with Gasteiger partial charge in [0.2, 0.25) is 5.91 Å². The maximum Gasteiger partial charge on any atom is 0.262 e. The maximum atomic E-state index is 13.0. The van der Waals surface area contributed by atoms with Gasteiger partial charge in [0.25, 0.3) is 11.8 Å². The van der Waals surface area contributed by atoms with Crippen molar-refractivity contribution < 1.29 is 14.4 Å².